The van der Waals surface area contributed by atoms with Crippen LogP contribution in [0.5, 0.6) is 0 Å². The lowest BCUT2D eigenvalue weighted by Crippen LogP contribution is -2.00. The maximum absolute atomic E-state index is 6.04. The number of hydrogen-bond donors (Lipinski definition) is 1. The molecular formula is C13H17ClN2O. The second-order valence-corrected chi connectivity index (χ2v) is 4.50. The van der Waals surface area contributed by atoms with Crippen LogP contribution in [0.25, 0.3) is 10.9 Å². The molecule has 0 amide bonds. The number of aryl methyl sites for hydroxylation is 1. The molecule has 0 unspecified atom stereocenters. The Morgan fingerprint density at radius 3 is 2.94 bits per heavy atom. The number of hydrogen-bond acceptors (Lipinski definition) is 2. The van der Waals surface area contributed by atoms with Crippen LogP contribution in [-0.2, 0) is 17.8 Å². The number of nitrogens with two attached hydrogens (primary N) is 1. The first-order valence-electron chi connectivity index (χ1n) is 5.72. The Kier molecular flexibility index (Phi) is 4.05. The monoisotopic (exact) mass is 252 g/mol. The van der Waals surface area contributed by atoms with Gasteiger partial charge in [0.2, 0.25) is 0 Å². The number of nitrogens with zero attached hydrogens (tertiary/aromatic N) is 1. The van der Waals surface area contributed by atoms with Gasteiger partial charge < -0.3 is 15.0 Å². The van der Waals surface area contributed by atoms with Crippen LogP contribution in [0.1, 0.15) is 12.0 Å². The quantitative estimate of drug-likeness (QED) is 0.832. The normalized spacial score (nSPS) is 11.2. The summed E-state index contributed by atoms with van der Waals surface area (Å²) >= 11 is 6.04. The molecule has 4 heteroatoms. The lowest BCUT2D eigenvalue weighted by atomic mass is 10.2. The van der Waals surface area contributed by atoms with Gasteiger partial charge in [-0.05, 0) is 24.1 Å². The van der Waals surface area contributed by atoms with Crippen LogP contribution in [0, 0.1) is 0 Å². The molecule has 0 atom stereocenters. The summed E-state index contributed by atoms with van der Waals surface area (Å²) in [5.74, 6) is 0. The van der Waals surface area contributed by atoms with E-state index in [0.29, 0.717) is 6.54 Å². The maximum atomic E-state index is 6.04. The first-order valence-corrected chi connectivity index (χ1v) is 6.10. The van der Waals surface area contributed by atoms with E-state index in [1.54, 1.807) is 7.11 Å². The van der Waals surface area contributed by atoms with Crippen LogP contribution in [0.15, 0.2) is 24.4 Å². The Bertz CT molecular complexity index is 507. The molecule has 0 spiro atoms. The first kappa shape index (κ1) is 12.4. The van der Waals surface area contributed by atoms with E-state index in [9.17, 15) is 0 Å². The third-order valence-electron chi connectivity index (χ3n) is 2.89. The minimum atomic E-state index is 0.551. The van der Waals surface area contributed by atoms with Gasteiger partial charge in [-0.1, -0.05) is 17.7 Å². The molecule has 2 aromatic rings. The molecule has 0 radical (unpaired) electrons. The topological polar surface area (TPSA) is 40.2 Å². The largest absolute Gasteiger partial charge is 0.385 e. The van der Waals surface area contributed by atoms with E-state index in [2.05, 4.69) is 10.8 Å². The molecule has 0 aliphatic carbocycles. The molecule has 0 saturated carbocycles. The Hall–Kier alpha value is -1.03. The fourth-order valence-electron chi connectivity index (χ4n) is 2.07. The van der Waals surface area contributed by atoms with Crippen molar-refractivity contribution in [2.45, 2.75) is 19.5 Å². The van der Waals surface area contributed by atoms with Crippen molar-refractivity contribution in [1.29, 1.82) is 0 Å². The number of rotatable bonds is 5. The second kappa shape index (κ2) is 5.54. The summed E-state index contributed by atoms with van der Waals surface area (Å²) in [4.78, 5) is 0. The molecule has 1 aromatic carbocycles. The fourth-order valence-corrected chi connectivity index (χ4v) is 2.23. The van der Waals surface area contributed by atoms with Gasteiger partial charge in [0.1, 0.15) is 0 Å². The minimum absolute atomic E-state index is 0.551. The number of ether oxygens (including phenoxy) is 1. The molecular weight excluding hydrogens is 236 g/mol. The zero-order valence-corrected chi connectivity index (χ0v) is 10.7. The third kappa shape index (κ3) is 2.63. The molecule has 0 bridgehead atoms. The predicted molar refractivity (Wildman–Crippen MR) is 71.3 cm³/mol. The van der Waals surface area contributed by atoms with Crippen molar-refractivity contribution in [1.82, 2.24) is 4.57 Å². The summed E-state index contributed by atoms with van der Waals surface area (Å²) in [7, 11) is 1.72. The summed E-state index contributed by atoms with van der Waals surface area (Å²) < 4.78 is 7.27. The molecule has 1 aromatic heterocycles. The summed E-state index contributed by atoms with van der Waals surface area (Å²) in [6.45, 7) is 2.23. The predicted octanol–water partition coefficient (Wildman–Crippen LogP) is 2.79. The van der Waals surface area contributed by atoms with Crippen LogP contribution in [-0.4, -0.2) is 18.3 Å². The van der Waals surface area contributed by atoms with E-state index >= 15 is 0 Å². The summed E-state index contributed by atoms with van der Waals surface area (Å²) in [5, 5.41) is 1.95. The van der Waals surface area contributed by atoms with Crippen molar-refractivity contribution in [2.75, 3.05) is 13.7 Å². The van der Waals surface area contributed by atoms with Gasteiger partial charge in [-0.2, -0.15) is 0 Å². The zero-order valence-electron chi connectivity index (χ0n) is 9.95. The van der Waals surface area contributed by atoms with Crippen LogP contribution in [0.4, 0.5) is 0 Å². The number of aromatic nitrogens is 1. The average Bonchev–Trinajstić information content (AvgIpc) is 2.67. The highest BCUT2D eigenvalue weighted by Gasteiger charge is 2.07. The van der Waals surface area contributed by atoms with Gasteiger partial charge >= 0.3 is 0 Å². The number of methoxy groups -OCH3 is 1. The van der Waals surface area contributed by atoms with Gasteiger partial charge in [-0.3, -0.25) is 0 Å². The minimum Gasteiger partial charge on any atom is -0.385 e. The maximum Gasteiger partial charge on any atom is 0.0498 e. The molecule has 0 aliphatic heterocycles. The standard InChI is InChI=1S/C13H17ClN2O/c1-17-6-2-5-16-9-10(8-15)12-4-3-11(14)7-13(12)16/h3-4,7,9H,2,5-6,8,15H2,1H3. The van der Waals surface area contributed by atoms with Gasteiger partial charge in [0.25, 0.3) is 0 Å². The highest BCUT2D eigenvalue weighted by molar-refractivity contribution is 6.31. The average molecular weight is 253 g/mol. The number of fused-ring (bicyclic) bond motifs is 1. The van der Waals surface area contributed by atoms with Gasteiger partial charge in [0.05, 0.1) is 0 Å². The van der Waals surface area contributed by atoms with Gasteiger partial charge in [-0.15, -0.1) is 0 Å². The van der Waals surface area contributed by atoms with Crippen LogP contribution in [0.3, 0.4) is 0 Å². The second-order valence-electron chi connectivity index (χ2n) is 4.06. The molecule has 0 saturated heterocycles. The molecule has 1 heterocycles. The fraction of sp³-hybridized carbons (Fsp3) is 0.385. The lowest BCUT2D eigenvalue weighted by Gasteiger charge is -2.04. The van der Waals surface area contributed by atoms with Crippen LogP contribution < -0.4 is 5.73 Å². The van der Waals surface area contributed by atoms with E-state index in [-0.39, 0.29) is 0 Å². The van der Waals surface area contributed by atoms with Crippen molar-refractivity contribution < 1.29 is 4.74 Å². The molecule has 17 heavy (non-hydrogen) atoms. The van der Waals surface area contributed by atoms with Crippen molar-refractivity contribution in [3.8, 4) is 0 Å². The third-order valence-corrected chi connectivity index (χ3v) is 3.13. The van der Waals surface area contributed by atoms with E-state index in [4.69, 9.17) is 22.1 Å². The summed E-state index contributed by atoms with van der Waals surface area (Å²) in [6, 6.07) is 5.93. The molecule has 2 rings (SSSR count). The first-order chi connectivity index (χ1) is 8.26. The van der Waals surface area contributed by atoms with Crippen LogP contribution in [0.2, 0.25) is 5.02 Å². The Morgan fingerprint density at radius 2 is 2.24 bits per heavy atom. The number of benzene rings is 1. The van der Waals surface area contributed by atoms with Crippen molar-refractivity contribution >= 4 is 22.5 Å². The van der Waals surface area contributed by atoms with Crippen LogP contribution >= 0.6 is 11.6 Å². The molecule has 2 N–H and O–H groups in total. The van der Waals surface area contributed by atoms with E-state index in [0.717, 1.165) is 35.7 Å². The van der Waals surface area contributed by atoms with Gasteiger partial charge in [-0.25, -0.2) is 0 Å². The highest BCUT2D eigenvalue weighted by atomic mass is 35.5. The molecule has 92 valence electrons. The number of halogens is 1. The molecule has 3 nitrogen and oxygen atoms in total. The lowest BCUT2D eigenvalue weighted by molar-refractivity contribution is 0.190. The van der Waals surface area contributed by atoms with E-state index in [1.807, 2.05) is 18.2 Å². The van der Waals surface area contributed by atoms with Gasteiger partial charge in [0, 0.05) is 48.9 Å². The highest BCUT2D eigenvalue weighted by Crippen LogP contribution is 2.24. The summed E-state index contributed by atoms with van der Waals surface area (Å²) in [5.41, 5.74) is 8.06. The molecule has 0 fully saturated rings. The smallest absolute Gasteiger partial charge is 0.0498 e. The SMILES string of the molecule is COCCCn1cc(CN)c2ccc(Cl)cc21. The zero-order chi connectivity index (χ0) is 12.3. The van der Waals surface area contributed by atoms with Gasteiger partial charge in [0.15, 0.2) is 0 Å². The van der Waals surface area contributed by atoms with Crippen molar-refractivity contribution in [3.63, 3.8) is 0 Å². The van der Waals surface area contributed by atoms with Crippen molar-refractivity contribution in [2.24, 2.45) is 5.73 Å². The van der Waals surface area contributed by atoms with E-state index < -0.39 is 0 Å². The molecule has 0 aliphatic rings. The Balaban J connectivity index is 2.36. The summed E-state index contributed by atoms with van der Waals surface area (Å²) in [6.07, 6.45) is 3.09. The van der Waals surface area contributed by atoms with E-state index in [1.165, 1.54) is 5.39 Å². The van der Waals surface area contributed by atoms with Crippen molar-refractivity contribution in [3.05, 3.63) is 35.0 Å². The Morgan fingerprint density at radius 1 is 1.41 bits per heavy atom. The Labute approximate surface area is 106 Å².